The maximum absolute atomic E-state index is 12.6. The summed E-state index contributed by atoms with van der Waals surface area (Å²) in [6, 6.07) is 9.58. The number of nitrogens with one attached hydrogen (secondary N) is 2. The van der Waals surface area contributed by atoms with E-state index in [9.17, 15) is 41.0 Å². The van der Waals surface area contributed by atoms with Crippen molar-refractivity contribution in [1.29, 1.82) is 0 Å². The summed E-state index contributed by atoms with van der Waals surface area (Å²) < 4.78 is 82.4. The highest BCUT2D eigenvalue weighted by atomic mass is 19.4. The summed E-state index contributed by atoms with van der Waals surface area (Å²) in [5, 5.41) is 14.1. The van der Waals surface area contributed by atoms with Crippen LogP contribution in [0.2, 0.25) is 0 Å². The predicted molar refractivity (Wildman–Crippen MR) is 116 cm³/mol. The van der Waals surface area contributed by atoms with Gasteiger partial charge < -0.3 is 25.2 Å². The first-order valence-corrected chi connectivity index (χ1v) is 10.4. The van der Waals surface area contributed by atoms with Gasteiger partial charge in [0.25, 0.3) is 11.8 Å². The summed E-state index contributed by atoms with van der Waals surface area (Å²) in [6.07, 6.45) is -10.1. The van der Waals surface area contributed by atoms with Crippen LogP contribution in [-0.2, 0) is 4.79 Å². The van der Waals surface area contributed by atoms with E-state index in [1.54, 1.807) is 0 Å². The third-order valence-corrected chi connectivity index (χ3v) is 4.25. The number of rotatable bonds is 10. The number of aliphatic hydroxyl groups is 1. The van der Waals surface area contributed by atoms with Crippen molar-refractivity contribution in [1.82, 2.24) is 10.6 Å². The number of carbonyl (C=O) groups is 2. The monoisotopic (exact) mass is 520 g/mol. The van der Waals surface area contributed by atoms with Crippen LogP contribution < -0.4 is 20.1 Å². The molecule has 7 nitrogen and oxygen atoms in total. The number of benzene rings is 2. The van der Waals surface area contributed by atoms with E-state index < -0.39 is 49.2 Å². The zero-order valence-corrected chi connectivity index (χ0v) is 18.7. The molecule has 0 fully saturated rings. The van der Waals surface area contributed by atoms with Crippen molar-refractivity contribution in [3.63, 3.8) is 0 Å². The summed E-state index contributed by atoms with van der Waals surface area (Å²) >= 11 is 0. The standard InChI is InChI=1S/C23H22F6N2O5/c1-14(32)13-30-21(34)19(12-15-2-6-18(7-3-15)36-23(27,28)29)31-20(33)16-4-8-17(9-5-16)35-11-10-22(24,25)26/h2-9,12,14,32H,10-11,13H2,1H3,(H,30,34)(H,31,33)/b19-12+/t14-/m1/s1. The average molecular weight is 520 g/mol. The highest BCUT2D eigenvalue weighted by Crippen LogP contribution is 2.23. The molecule has 0 heterocycles. The van der Waals surface area contributed by atoms with Gasteiger partial charge >= 0.3 is 12.5 Å². The van der Waals surface area contributed by atoms with Crippen LogP contribution in [0.5, 0.6) is 11.5 Å². The second-order valence-electron chi connectivity index (χ2n) is 7.43. The topological polar surface area (TPSA) is 96.9 Å². The molecular formula is C23H22F6N2O5. The molecule has 0 aliphatic heterocycles. The number of carbonyl (C=O) groups excluding carboxylic acids is 2. The molecule has 36 heavy (non-hydrogen) atoms. The van der Waals surface area contributed by atoms with Crippen molar-refractivity contribution >= 4 is 17.9 Å². The van der Waals surface area contributed by atoms with Gasteiger partial charge in [-0.2, -0.15) is 13.2 Å². The highest BCUT2D eigenvalue weighted by molar-refractivity contribution is 6.05. The largest absolute Gasteiger partial charge is 0.573 e. The molecule has 13 heteroatoms. The highest BCUT2D eigenvalue weighted by Gasteiger charge is 2.31. The number of aliphatic hydroxyl groups excluding tert-OH is 1. The molecule has 2 aromatic rings. The average Bonchev–Trinajstić information content (AvgIpc) is 2.76. The molecule has 0 aliphatic rings. The second kappa shape index (κ2) is 12.3. The molecule has 0 unspecified atom stereocenters. The number of hydrogen-bond acceptors (Lipinski definition) is 5. The minimum atomic E-state index is -4.88. The molecule has 0 radical (unpaired) electrons. The molecule has 0 aliphatic carbocycles. The Morgan fingerprint density at radius 3 is 2.08 bits per heavy atom. The van der Waals surface area contributed by atoms with Gasteiger partial charge in [-0.3, -0.25) is 9.59 Å². The van der Waals surface area contributed by atoms with Gasteiger partial charge in [-0.05, 0) is 55.0 Å². The molecule has 3 N–H and O–H groups in total. The fourth-order valence-corrected chi connectivity index (χ4v) is 2.61. The number of hydrogen-bond donors (Lipinski definition) is 3. The Balaban J connectivity index is 2.15. The van der Waals surface area contributed by atoms with Crippen molar-refractivity contribution in [2.75, 3.05) is 13.2 Å². The smallest absolute Gasteiger partial charge is 0.493 e. The predicted octanol–water partition coefficient (Wildman–Crippen LogP) is 4.18. The van der Waals surface area contributed by atoms with Crippen molar-refractivity contribution in [3.8, 4) is 11.5 Å². The lowest BCUT2D eigenvalue weighted by Crippen LogP contribution is -2.37. The molecule has 2 amide bonds. The van der Waals surface area contributed by atoms with E-state index in [1.807, 2.05) is 0 Å². The fraction of sp³-hybridized carbons (Fsp3) is 0.304. The molecule has 0 spiro atoms. The summed E-state index contributed by atoms with van der Waals surface area (Å²) in [5.41, 5.74) is 0.0115. The van der Waals surface area contributed by atoms with Gasteiger partial charge in [-0.15, -0.1) is 13.2 Å². The van der Waals surface area contributed by atoms with Gasteiger partial charge in [-0.25, -0.2) is 0 Å². The molecule has 2 aromatic carbocycles. The van der Waals surface area contributed by atoms with Gasteiger partial charge in [0.05, 0.1) is 19.1 Å². The Bertz CT molecular complexity index is 1050. The van der Waals surface area contributed by atoms with Crippen molar-refractivity contribution in [2.24, 2.45) is 0 Å². The maximum atomic E-state index is 12.6. The van der Waals surface area contributed by atoms with Gasteiger partial charge in [-0.1, -0.05) is 12.1 Å². The zero-order chi connectivity index (χ0) is 26.9. The molecule has 196 valence electrons. The number of halogens is 6. The first-order valence-electron chi connectivity index (χ1n) is 10.4. The maximum Gasteiger partial charge on any atom is 0.573 e. The second-order valence-corrected chi connectivity index (χ2v) is 7.43. The van der Waals surface area contributed by atoms with Crippen LogP contribution in [0.3, 0.4) is 0 Å². The Hall–Kier alpha value is -3.74. The van der Waals surface area contributed by atoms with Gasteiger partial charge in [0.15, 0.2) is 0 Å². The Kier molecular flexibility index (Phi) is 9.73. The van der Waals surface area contributed by atoms with Gasteiger partial charge in [0, 0.05) is 12.1 Å². The van der Waals surface area contributed by atoms with E-state index in [-0.39, 0.29) is 29.1 Å². The van der Waals surface area contributed by atoms with E-state index in [0.29, 0.717) is 0 Å². The first kappa shape index (κ1) is 28.5. The van der Waals surface area contributed by atoms with Crippen LogP contribution in [0.25, 0.3) is 6.08 Å². The molecule has 0 saturated heterocycles. The fourth-order valence-electron chi connectivity index (χ4n) is 2.61. The minimum absolute atomic E-state index is 0.0429. The molecule has 0 saturated carbocycles. The van der Waals surface area contributed by atoms with Crippen LogP contribution in [0.1, 0.15) is 29.3 Å². The van der Waals surface area contributed by atoms with E-state index >= 15 is 0 Å². The van der Waals surface area contributed by atoms with E-state index in [1.165, 1.54) is 49.4 Å². The number of alkyl halides is 6. The van der Waals surface area contributed by atoms with Crippen LogP contribution in [-0.4, -0.2) is 48.7 Å². The quantitative estimate of drug-likeness (QED) is 0.323. The normalized spacial score (nSPS) is 13.1. The SMILES string of the molecule is C[C@@H](O)CNC(=O)/C(=C\c1ccc(OC(F)(F)F)cc1)NC(=O)c1ccc(OCCC(F)(F)F)cc1. The van der Waals surface area contributed by atoms with E-state index in [4.69, 9.17) is 4.74 Å². The Labute approximate surface area is 201 Å². The van der Waals surface area contributed by atoms with Crippen LogP contribution >= 0.6 is 0 Å². The van der Waals surface area contributed by atoms with Crippen LogP contribution in [0, 0.1) is 0 Å². The minimum Gasteiger partial charge on any atom is -0.493 e. The summed E-state index contributed by atoms with van der Waals surface area (Å²) in [4.78, 5) is 25.2. The van der Waals surface area contributed by atoms with Gasteiger partial charge in [0.2, 0.25) is 0 Å². The number of amides is 2. The molecule has 0 bridgehead atoms. The zero-order valence-electron chi connectivity index (χ0n) is 18.7. The lowest BCUT2D eigenvalue weighted by Gasteiger charge is -2.13. The van der Waals surface area contributed by atoms with Crippen LogP contribution in [0.4, 0.5) is 26.3 Å². The third kappa shape index (κ3) is 10.7. The molecule has 2 rings (SSSR count). The van der Waals surface area contributed by atoms with E-state index in [2.05, 4.69) is 15.4 Å². The van der Waals surface area contributed by atoms with Crippen LogP contribution in [0.15, 0.2) is 54.2 Å². The summed E-state index contributed by atoms with van der Waals surface area (Å²) in [5.74, 6) is -1.93. The van der Waals surface area contributed by atoms with Crippen molar-refractivity contribution < 1.29 is 50.5 Å². The van der Waals surface area contributed by atoms with Crippen molar-refractivity contribution in [3.05, 3.63) is 65.4 Å². The third-order valence-electron chi connectivity index (χ3n) is 4.25. The first-order chi connectivity index (χ1) is 16.7. The van der Waals surface area contributed by atoms with Crippen molar-refractivity contribution in [2.45, 2.75) is 32.0 Å². The van der Waals surface area contributed by atoms with E-state index in [0.717, 1.165) is 12.1 Å². The molecule has 1 atom stereocenters. The lowest BCUT2D eigenvalue weighted by molar-refractivity contribution is -0.274. The molecular weight excluding hydrogens is 498 g/mol. The summed E-state index contributed by atoms with van der Waals surface area (Å²) in [6.45, 7) is 0.673. The summed E-state index contributed by atoms with van der Waals surface area (Å²) in [7, 11) is 0. The lowest BCUT2D eigenvalue weighted by atomic mass is 10.1. The molecule has 0 aromatic heterocycles. The van der Waals surface area contributed by atoms with Gasteiger partial charge in [0.1, 0.15) is 17.2 Å². The number of ether oxygens (including phenoxy) is 2. The Morgan fingerprint density at radius 1 is 0.972 bits per heavy atom. The Morgan fingerprint density at radius 2 is 1.56 bits per heavy atom.